The second-order valence-corrected chi connectivity index (χ2v) is 4.73. The number of carbonyl (C=O) groups excluding carboxylic acids is 1. The molecule has 1 aliphatic carbocycles. The highest BCUT2D eigenvalue weighted by molar-refractivity contribution is 5.76. The highest BCUT2D eigenvalue weighted by Gasteiger charge is 2.59. The first-order valence-corrected chi connectivity index (χ1v) is 5.50. The number of hydrogen-bond acceptors (Lipinski definition) is 7. The van der Waals surface area contributed by atoms with Gasteiger partial charge in [-0.3, -0.25) is 10.1 Å². The van der Waals surface area contributed by atoms with Crippen molar-refractivity contribution < 1.29 is 30.0 Å². The second-order valence-electron chi connectivity index (χ2n) is 4.73. The molecule has 17 heavy (non-hydrogen) atoms. The zero-order chi connectivity index (χ0) is 12.8. The minimum Gasteiger partial charge on any atom is -0.468 e. The fraction of sp³-hybridized carbons (Fsp3) is 0.900. The van der Waals surface area contributed by atoms with E-state index in [1.54, 1.807) is 0 Å². The number of nitrogens with one attached hydrogen (secondary N) is 1. The maximum absolute atomic E-state index is 11.4. The van der Waals surface area contributed by atoms with Crippen molar-refractivity contribution >= 4 is 5.97 Å². The third-order valence-corrected chi connectivity index (χ3v) is 3.73. The number of esters is 1. The van der Waals surface area contributed by atoms with Gasteiger partial charge in [-0.05, 0) is 6.42 Å². The Kier molecular flexibility index (Phi) is 3.13. The fourth-order valence-corrected chi connectivity index (χ4v) is 2.69. The van der Waals surface area contributed by atoms with Gasteiger partial charge >= 0.3 is 5.97 Å². The molecule has 7 nitrogen and oxygen atoms in total. The molecule has 1 saturated carbocycles. The van der Waals surface area contributed by atoms with Crippen molar-refractivity contribution in [3.8, 4) is 0 Å². The van der Waals surface area contributed by atoms with Crippen LogP contribution in [0, 0.1) is 0 Å². The van der Waals surface area contributed by atoms with Crippen LogP contribution in [0.2, 0.25) is 0 Å². The Labute approximate surface area is 98.0 Å². The van der Waals surface area contributed by atoms with Gasteiger partial charge in [0.15, 0.2) is 0 Å². The molecular weight excluding hydrogens is 230 g/mol. The molecule has 2 rings (SSSR count). The summed E-state index contributed by atoms with van der Waals surface area (Å²) < 4.78 is 4.55. The summed E-state index contributed by atoms with van der Waals surface area (Å²) in [6.07, 6.45) is -4.00. The van der Waals surface area contributed by atoms with Crippen LogP contribution in [0.3, 0.4) is 0 Å². The van der Waals surface area contributed by atoms with Crippen molar-refractivity contribution in [3.63, 3.8) is 0 Å². The zero-order valence-corrected chi connectivity index (χ0v) is 9.41. The summed E-state index contributed by atoms with van der Waals surface area (Å²) in [7, 11) is 1.23. The van der Waals surface area contributed by atoms with Crippen LogP contribution in [-0.2, 0) is 9.53 Å². The average molecular weight is 247 g/mol. The van der Waals surface area contributed by atoms with Crippen LogP contribution in [0.15, 0.2) is 0 Å². The summed E-state index contributed by atoms with van der Waals surface area (Å²) in [4.78, 5) is 11.4. The molecule has 1 aliphatic heterocycles. The van der Waals surface area contributed by atoms with Crippen LogP contribution in [0.5, 0.6) is 0 Å². The van der Waals surface area contributed by atoms with E-state index in [9.17, 15) is 25.2 Å². The van der Waals surface area contributed by atoms with Crippen molar-refractivity contribution in [2.75, 3.05) is 7.11 Å². The molecule has 2 fully saturated rings. The van der Waals surface area contributed by atoms with E-state index in [0.717, 1.165) is 0 Å². The minimum atomic E-state index is -1.61. The number of rotatable bonds is 1. The number of ether oxygens (including phenoxy) is 1. The summed E-state index contributed by atoms with van der Waals surface area (Å²) in [6, 6.07) is -1.37. The Balaban J connectivity index is 2.19. The summed E-state index contributed by atoms with van der Waals surface area (Å²) in [6.45, 7) is 0. The highest BCUT2D eigenvalue weighted by Crippen LogP contribution is 2.38. The monoisotopic (exact) mass is 247 g/mol. The van der Waals surface area contributed by atoms with Crippen LogP contribution in [0.4, 0.5) is 0 Å². The number of carbonyl (C=O) groups is 1. The average Bonchev–Trinajstić information content (AvgIpc) is 2.64. The molecule has 98 valence electrons. The Morgan fingerprint density at radius 1 is 1.41 bits per heavy atom. The molecule has 0 aromatic rings. The molecular formula is C10H17NO6. The Hall–Kier alpha value is -0.730. The Morgan fingerprint density at radius 3 is 2.65 bits per heavy atom. The lowest BCUT2D eigenvalue weighted by Crippen LogP contribution is -2.64. The largest absolute Gasteiger partial charge is 0.468 e. The Bertz CT molecular complexity index is 324. The van der Waals surface area contributed by atoms with Crippen LogP contribution in [0.1, 0.15) is 12.8 Å². The molecule has 7 heteroatoms. The second kappa shape index (κ2) is 4.18. The standard InChI is InChI=1S/C10H17NO6/c1-17-9(15)4-3-10(16)6(11-4)2-5(12)7(13)8(10)14/h4-8,11-14,16H,2-3H2,1H3/t4-,5+,6+,7-,8-,10-/m0/s1. The Morgan fingerprint density at radius 2 is 2.06 bits per heavy atom. The van der Waals surface area contributed by atoms with E-state index >= 15 is 0 Å². The summed E-state index contributed by atoms with van der Waals surface area (Å²) in [5, 5.41) is 41.9. The number of aliphatic hydroxyl groups is 4. The summed E-state index contributed by atoms with van der Waals surface area (Å²) in [5.74, 6) is -0.538. The predicted octanol–water partition coefficient (Wildman–Crippen LogP) is -2.89. The topological polar surface area (TPSA) is 119 Å². The molecule has 0 aromatic carbocycles. The molecule has 1 saturated heterocycles. The number of fused-ring (bicyclic) bond motifs is 1. The lowest BCUT2D eigenvalue weighted by Gasteiger charge is -2.43. The van der Waals surface area contributed by atoms with Gasteiger partial charge in [0.05, 0.1) is 13.2 Å². The number of hydrogen-bond donors (Lipinski definition) is 5. The van der Waals surface area contributed by atoms with Crippen molar-refractivity contribution in [3.05, 3.63) is 0 Å². The van der Waals surface area contributed by atoms with E-state index < -0.39 is 42.0 Å². The van der Waals surface area contributed by atoms with Gasteiger partial charge in [0.2, 0.25) is 0 Å². The van der Waals surface area contributed by atoms with Crippen molar-refractivity contribution in [2.24, 2.45) is 0 Å². The number of methoxy groups -OCH3 is 1. The van der Waals surface area contributed by atoms with Crippen LogP contribution < -0.4 is 5.32 Å². The van der Waals surface area contributed by atoms with Gasteiger partial charge in [0, 0.05) is 12.5 Å². The minimum absolute atomic E-state index is 0.0463. The predicted molar refractivity (Wildman–Crippen MR) is 54.9 cm³/mol. The van der Waals surface area contributed by atoms with Gasteiger partial charge in [-0.15, -0.1) is 0 Å². The van der Waals surface area contributed by atoms with Gasteiger partial charge in [-0.1, -0.05) is 0 Å². The van der Waals surface area contributed by atoms with Gasteiger partial charge in [0.25, 0.3) is 0 Å². The molecule has 0 bridgehead atoms. The maximum atomic E-state index is 11.4. The molecule has 0 spiro atoms. The highest BCUT2D eigenvalue weighted by atomic mass is 16.5. The first kappa shape index (κ1) is 12.7. The van der Waals surface area contributed by atoms with E-state index in [1.165, 1.54) is 7.11 Å². The molecule has 0 unspecified atom stereocenters. The molecule has 2 aliphatic rings. The van der Waals surface area contributed by atoms with E-state index in [2.05, 4.69) is 10.1 Å². The van der Waals surface area contributed by atoms with E-state index in [4.69, 9.17) is 0 Å². The number of aliphatic hydroxyl groups excluding tert-OH is 3. The first-order chi connectivity index (χ1) is 7.90. The third-order valence-electron chi connectivity index (χ3n) is 3.73. The lowest BCUT2D eigenvalue weighted by atomic mass is 9.75. The molecule has 6 atom stereocenters. The molecule has 0 aromatic heterocycles. The zero-order valence-electron chi connectivity index (χ0n) is 9.41. The van der Waals surface area contributed by atoms with Crippen molar-refractivity contribution in [1.82, 2.24) is 5.32 Å². The van der Waals surface area contributed by atoms with Crippen LogP contribution >= 0.6 is 0 Å². The normalized spacial score (nSPS) is 49.8. The van der Waals surface area contributed by atoms with Crippen molar-refractivity contribution in [1.29, 1.82) is 0 Å². The van der Waals surface area contributed by atoms with Crippen LogP contribution in [0.25, 0.3) is 0 Å². The maximum Gasteiger partial charge on any atom is 0.322 e. The molecule has 5 N–H and O–H groups in total. The summed E-state index contributed by atoms with van der Waals surface area (Å²) in [5.41, 5.74) is -1.61. The van der Waals surface area contributed by atoms with Crippen LogP contribution in [-0.4, -0.2) is 69.5 Å². The molecule has 0 radical (unpaired) electrons. The van der Waals surface area contributed by atoms with Gasteiger partial charge in [-0.25, -0.2) is 0 Å². The molecule has 0 amide bonds. The molecule has 1 heterocycles. The quantitative estimate of drug-likeness (QED) is 0.315. The lowest BCUT2D eigenvalue weighted by molar-refractivity contribution is -0.187. The van der Waals surface area contributed by atoms with E-state index in [-0.39, 0.29) is 12.8 Å². The van der Waals surface area contributed by atoms with Crippen molar-refractivity contribution in [2.45, 2.75) is 48.8 Å². The van der Waals surface area contributed by atoms with Gasteiger partial charge in [0.1, 0.15) is 23.9 Å². The van der Waals surface area contributed by atoms with Gasteiger partial charge < -0.3 is 25.2 Å². The van der Waals surface area contributed by atoms with E-state index in [1.807, 2.05) is 0 Å². The van der Waals surface area contributed by atoms with Gasteiger partial charge in [-0.2, -0.15) is 0 Å². The summed E-state index contributed by atoms with van der Waals surface area (Å²) >= 11 is 0. The smallest absolute Gasteiger partial charge is 0.322 e. The van der Waals surface area contributed by atoms with E-state index in [0.29, 0.717) is 0 Å². The third kappa shape index (κ3) is 1.84. The fourth-order valence-electron chi connectivity index (χ4n) is 2.69. The first-order valence-electron chi connectivity index (χ1n) is 5.50. The SMILES string of the molecule is COC(=O)[C@@H]1C[C@]2(O)[C@@H](C[C@@H](O)[C@H](O)[C@@H]2O)N1.